The molecule has 3 rings (SSSR count). The Kier molecular flexibility index (Phi) is 4.48. The number of likely N-dealkylation sites (tertiary alicyclic amines) is 1. The first-order valence-electron chi connectivity index (χ1n) is 8.36. The monoisotopic (exact) mass is 302 g/mol. The molecule has 2 heterocycles. The Morgan fingerprint density at radius 2 is 2.27 bits per heavy atom. The molecule has 0 unspecified atom stereocenters. The number of ether oxygens (including phenoxy) is 1. The van der Waals surface area contributed by atoms with Gasteiger partial charge in [0.05, 0.1) is 18.2 Å². The zero-order chi connectivity index (χ0) is 15.6. The molecular formula is C18H26N2O2. The topological polar surface area (TPSA) is 42.4 Å². The molecule has 0 aromatic carbocycles. The number of hydrogen-bond donors (Lipinski definition) is 0. The number of rotatable bonds is 3. The summed E-state index contributed by atoms with van der Waals surface area (Å²) in [5.74, 6) is 0.211. The summed E-state index contributed by atoms with van der Waals surface area (Å²) in [6, 6.07) is 3.94. The van der Waals surface area contributed by atoms with Gasteiger partial charge in [-0.2, -0.15) is 0 Å². The quantitative estimate of drug-likeness (QED) is 0.862. The van der Waals surface area contributed by atoms with Crippen LogP contribution in [-0.2, 0) is 16.0 Å². The summed E-state index contributed by atoms with van der Waals surface area (Å²) in [5, 5.41) is 0. The Morgan fingerprint density at radius 3 is 3.05 bits per heavy atom. The van der Waals surface area contributed by atoms with Gasteiger partial charge in [-0.1, -0.05) is 12.5 Å². The number of carbonyl (C=O) groups is 1. The van der Waals surface area contributed by atoms with Crippen LogP contribution in [0.2, 0.25) is 0 Å². The van der Waals surface area contributed by atoms with Crippen LogP contribution in [0.25, 0.3) is 0 Å². The van der Waals surface area contributed by atoms with Gasteiger partial charge in [0.15, 0.2) is 0 Å². The predicted octanol–water partition coefficient (Wildman–Crippen LogP) is 2.74. The summed E-state index contributed by atoms with van der Waals surface area (Å²) in [6.07, 6.45) is 8.34. The molecule has 0 radical (unpaired) electrons. The Morgan fingerprint density at radius 1 is 1.45 bits per heavy atom. The van der Waals surface area contributed by atoms with E-state index in [0.717, 1.165) is 37.2 Å². The lowest BCUT2D eigenvalue weighted by Crippen LogP contribution is -2.50. The third-order valence-electron chi connectivity index (χ3n) is 5.51. The fraction of sp³-hybridized carbons (Fsp3) is 0.667. The van der Waals surface area contributed by atoms with Crippen molar-refractivity contribution < 1.29 is 9.53 Å². The number of aromatic nitrogens is 1. The van der Waals surface area contributed by atoms with E-state index in [1.807, 2.05) is 26.2 Å². The number of pyridine rings is 1. The number of amides is 1. The number of aryl methyl sites for hydroxylation is 1. The van der Waals surface area contributed by atoms with E-state index < -0.39 is 0 Å². The highest BCUT2D eigenvalue weighted by Crippen LogP contribution is 2.46. The minimum atomic E-state index is 0.196. The van der Waals surface area contributed by atoms with E-state index in [-0.39, 0.29) is 11.3 Å². The minimum Gasteiger partial charge on any atom is -0.381 e. The lowest BCUT2D eigenvalue weighted by molar-refractivity contribution is -0.136. The van der Waals surface area contributed by atoms with Gasteiger partial charge in [-0.15, -0.1) is 0 Å². The van der Waals surface area contributed by atoms with Crippen LogP contribution < -0.4 is 0 Å². The van der Waals surface area contributed by atoms with Crippen LogP contribution in [0, 0.1) is 12.3 Å². The van der Waals surface area contributed by atoms with Gasteiger partial charge in [-0.25, -0.2) is 0 Å². The van der Waals surface area contributed by atoms with Crippen molar-refractivity contribution in [3.63, 3.8) is 0 Å². The third-order valence-corrected chi connectivity index (χ3v) is 5.51. The number of piperidine rings is 1. The second-order valence-corrected chi connectivity index (χ2v) is 6.84. The molecule has 1 spiro atoms. The molecule has 4 nitrogen and oxygen atoms in total. The molecule has 1 amide bonds. The Labute approximate surface area is 132 Å². The van der Waals surface area contributed by atoms with Crippen molar-refractivity contribution in [3.05, 3.63) is 29.6 Å². The van der Waals surface area contributed by atoms with E-state index in [2.05, 4.69) is 9.88 Å². The first-order valence-corrected chi connectivity index (χ1v) is 8.36. The molecule has 2 atom stereocenters. The lowest BCUT2D eigenvalue weighted by Gasteiger charge is -2.43. The van der Waals surface area contributed by atoms with Crippen LogP contribution in [-0.4, -0.2) is 42.1 Å². The van der Waals surface area contributed by atoms with Gasteiger partial charge in [-0.3, -0.25) is 9.78 Å². The van der Waals surface area contributed by atoms with Gasteiger partial charge in [-0.05, 0) is 44.2 Å². The largest absolute Gasteiger partial charge is 0.381 e. The van der Waals surface area contributed by atoms with Gasteiger partial charge in [0.25, 0.3) is 0 Å². The van der Waals surface area contributed by atoms with E-state index in [1.165, 1.54) is 19.3 Å². The number of methoxy groups -OCH3 is 1. The van der Waals surface area contributed by atoms with Gasteiger partial charge in [0, 0.05) is 31.8 Å². The average molecular weight is 302 g/mol. The average Bonchev–Trinajstić information content (AvgIpc) is 2.91. The number of nitrogens with zero attached hydrogens (tertiary/aromatic N) is 2. The molecule has 1 saturated heterocycles. The maximum absolute atomic E-state index is 12.7. The summed E-state index contributed by atoms with van der Waals surface area (Å²) in [7, 11) is 1.82. The highest BCUT2D eigenvalue weighted by molar-refractivity contribution is 5.78. The van der Waals surface area contributed by atoms with Crippen LogP contribution in [0.4, 0.5) is 0 Å². The van der Waals surface area contributed by atoms with Gasteiger partial charge >= 0.3 is 0 Å². The normalized spacial score (nSPS) is 28.3. The molecule has 1 aromatic rings. The molecule has 120 valence electrons. The molecular weight excluding hydrogens is 276 g/mol. The van der Waals surface area contributed by atoms with E-state index in [4.69, 9.17) is 4.74 Å². The summed E-state index contributed by atoms with van der Waals surface area (Å²) >= 11 is 0. The van der Waals surface area contributed by atoms with Gasteiger partial charge in [0.1, 0.15) is 0 Å². The van der Waals surface area contributed by atoms with Crippen LogP contribution in [0.5, 0.6) is 0 Å². The fourth-order valence-corrected chi connectivity index (χ4v) is 4.27. The van der Waals surface area contributed by atoms with Crippen LogP contribution in [0.3, 0.4) is 0 Å². The van der Waals surface area contributed by atoms with Crippen molar-refractivity contribution in [2.24, 2.45) is 5.41 Å². The molecule has 2 aliphatic rings. The summed E-state index contributed by atoms with van der Waals surface area (Å²) in [4.78, 5) is 19.1. The van der Waals surface area contributed by atoms with E-state index in [0.29, 0.717) is 12.5 Å². The second-order valence-electron chi connectivity index (χ2n) is 6.84. The highest BCUT2D eigenvalue weighted by atomic mass is 16.5. The maximum atomic E-state index is 12.7. The summed E-state index contributed by atoms with van der Waals surface area (Å²) in [5.41, 5.74) is 2.20. The molecule has 1 aliphatic heterocycles. The molecule has 1 aromatic heterocycles. The maximum Gasteiger partial charge on any atom is 0.228 e. The van der Waals surface area contributed by atoms with Crippen LogP contribution in [0.1, 0.15) is 43.4 Å². The first kappa shape index (κ1) is 15.5. The summed E-state index contributed by atoms with van der Waals surface area (Å²) < 4.78 is 5.72. The van der Waals surface area contributed by atoms with Crippen molar-refractivity contribution >= 4 is 5.91 Å². The number of carbonyl (C=O) groups excluding carboxylic acids is 1. The zero-order valence-corrected chi connectivity index (χ0v) is 13.7. The predicted molar refractivity (Wildman–Crippen MR) is 85.6 cm³/mol. The van der Waals surface area contributed by atoms with Crippen molar-refractivity contribution in [1.82, 2.24) is 9.88 Å². The van der Waals surface area contributed by atoms with Crippen molar-refractivity contribution in [2.75, 3.05) is 20.2 Å². The molecule has 1 saturated carbocycles. The van der Waals surface area contributed by atoms with Crippen molar-refractivity contribution in [2.45, 2.75) is 51.6 Å². The van der Waals surface area contributed by atoms with Crippen molar-refractivity contribution in [3.8, 4) is 0 Å². The number of hydrogen-bond acceptors (Lipinski definition) is 3. The smallest absolute Gasteiger partial charge is 0.228 e. The van der Waals surface area contributed by atoms with Crippen LogP contribution in [0.15, 0.2) is 18.3 Å². The minimum absolute atomic E-state index is 0.196. The SMILES string of the molecule is CO[C@@H]1CCC[C@]12CCCN(C(=O)Cc1ncccc1C)C2. The third kappa shape index (κ3) is 2.89. The zero-order valence-electron chi connectivity index (χ0n) is 13.7. The Bertz CT molecular complexity index is 546. The van der Waals surface area contributed by atoms with E-state index >= 15 is 0 Å². The van der Waals surface area contributed by atoms with E-state index in [1.54, 1.807) is 6.20 Å². The molecule has 4 heteroatoms. The lowest BCUT2D eigenvalue weighted by atomic mass is 9.76. The Balaban J connectivity index is 1.69. The molecule has 0 N–H and O–H groups in total. The van der Waals surface area contributed by atoms with E-state index in [9.17, 15) is 4.79 Å². The van der Waals surface area contributed by atoms with Gasteiger partial charge in [0.2, 0.25) is 5.91 Å². The van der Waals surface area contributed by atoms with Crippen LogP contribution >= 0.6 is 0 Å². The first-order chi connectivity index (χ1) is 10.6. The standard InChI is InChI=1S/C18H26N2O2/c1-14-6-4-10-19-15(14)12-17(21)20-11-5-9-18(13-20)8-3-7-16(18)22-2/h4,6,10,16H,3,5,7-9,11-13H2,1-2H3/t16-,18-/m1/s1. The molecule has 0 bridgehead atoms. The second kappa shape index (κ2) is 6.37. The Hall–Kier alpha value is -1.42. The van der Waals surface area contributed by atoms with Crippen molar-refractivity contribution in [1.29, 1.82) is 0 Å². The highest BCUT2D eigenvalue weighted by Gasteiger charge is 2.46. The fourth-order valence-electron chi connectivity index (χ4n) is 4.27. The molecule has 2 fully saturated rings. The molecule has 1 aliphatic carbocycles. The summed E-state index contributed by atoms with van der Waals surface area (Å²) in [6.45, 7) is 3.75. The van der Waals surface area contributed by atoms with Gasteiger partial charge < -0.3 is 9.64 Å². The molecule has 22 heavy (non-hydrogen) atoms.